The summed E-state index contributed by atoms with van der Waals surface area (Å²) in [5.41, 5.74) is 12.6. The first-order valence-electron chi connectivity index (χ1n) is 10.1. The number of carbonyl (C=O) groups is 4. The largest absolute Gasteiger partial charge is 0.481 e. The minimum absolute atomic E-state index is 0.235. The van der Waals surface area contributed by atoms with Gasteiger partial charge in [0.05, 0.1) is 19.6 Å². The molecule has 2 rings (SSSR count). The molecule has 0 bridgehead atoms. The first-order chi connectivity index (χ1) is 15.6. The van der Waals surface area contributed by atoms with Crippen LogP contribution in [0.25, 0.3) is 0 Å². The van der Waals surface area contributed by atoms with Gasteiger partial charge in [-0.15, -0.1) is 0 Å². The van der Waals surface area contributed by atoms with Crippen molar-refractivity contribution >= 4 is 23.8 Å². The molecule has 0 aliphatic rings. The Balaban J connectivity index is 0.000000383. The lowest BCUT2D eigenvalue weighted by Crippen LogP contribution is -2.50. The maximum absolute atomic E-state index is 11.8. The second-order valence-corrected chi connectivity index (χ2v) is 7.11. The number of esters is 1. The van der Waals surface area contributed by atoms with Crippen LogP contribution in [0, 0.1) is 0 Å². The molecule has 0 aromatic heterocycles. The Hall–Kier alpha value is -3.76. The quantitative estimate of drug-likeness (QED) is 0.313. The normalized spacial score (nSPS) is 12.8. The molecule has 0 aliphatic heterocycles. The number of hydrogen-bond acceptors (Lipinski definition) is 7. The zero-order chi connectivity index (χ0) is 24.8. The van der Waals surface area contributed by atoms with E-state index in [4.69, 9.17) is 21.7 Å². The number of hydrogen-bond donors (Lipinski definition) is 5. The average Bonchev–Trinajstić information content (AvgIpc) is 2.79. The third kappa shape index (κ3) is 10.9. The predicted octanol–water partition coefficient (Wildman–Crippen LogP) is 0.330. The molecule has 2 aromatic rings. The van der Waals surface area contributed by atoms with Crippen molar-refractivity contribution in [1.82, 2.24) is 5.32 Å². The molecule has 2 aromatic carbocycles. The van der Waals surface area contributed by atoms with Gasteiger partial charge < -0.3 is 31.7 Å². The first kappa shape index (κ1) is 27.3. The number of carboxylic acids is 2. The zero-order valence-electron chi connectivity index (χ0n) is 18.2. The third-order valence-corrected chi connectivity index (χ3v) is 4.43. The monoisotopic (exact) mass is 459 g/mol. The summed E-state index contributed by atoms with van der Waals surface area (Å²) in [6.45, 7) is 0. The average molecular weight is 459 g/mol. The highest BCUT2D eigenvalue weighted by molar-refractivity contribution is 5.89. The second kappa shape index (κ2) is 14.3. The summed E-state index contributed by atoms with van der Waals surface area (Å²) in [4.78, 5) is 44.4. The fraction of sp³-hybridized carbons (Fsp3) is 0.304. The van der Waals surface area contributed by atoms with E-state index in [1.165, 1.54) is 7.11 Å². The Bertz CT molecular complexity index is 907. The van der Waals surface area contributed by atoms with Crippen LogP contribution in [0.2, 0.25) is 0 Å². The van der Waals surface area contributed by atoms with E-state index in [0.717, 1.165) is 11.1 Å². The van der Waals surface area contributed by atoms with E-state index in [-0.39, 0.29) is 6.42 Å². The van der Waals surface area contributed by atoms with Gasteiger partial charge in [0, 0.05) is 6.42 Å². The van der Waals surface area contributed by atoms with Crippen LogP contribution in [0.5, 0.6) is 0 Å². The van der Waals surface area contributed by atoms with Crippen molar-refractivity contribution in [2.45, 2.75) is 37.4 Å². The number of nitrogens with two attached hydrogens (primary N) is 2. The molecule has 10 heteroatoms. The predicted molar refractivity (Wildman–Crippen MR) is 120 cm³/mol. The SMILES string of the molecule is COC(=O)C(Cc1ccccc1)NC(=O)C(N)CC(=O)O.N[C@@H](Cc1ccccc1)C(=O)O. The number of nitrogens with one attached hydrogen (secondary N) is 1. The van der Waals surface area contributed by atoms with Gasteiger partial charge in [-0.1, -0.05) is 60.7 Å². The van der Waals surface area contributed by atoms with Gasteiger partial charge in [-0.3, -0.25) is 14.4 Å². The number of rotatable bonds is 10. The highest BCUT2D eigenvalue weighted by atomic mass is 16.5. The minimum Gasteiger partial charge on any atom is -0.481 e. The Morgan fingerprint density at radius 2 is 1.33 bits per heavy atom. The standard InChI is InChI=1S/C14H18N2O5.C9H11NO2/c1-21-14(20)11(7-9-5-3-2-4-6-9)16-13(19)10(15)8-12(17)18;10-8(9(11)12)6-7-4-2-1-3-5-7/h2-6,10-11H,7-8,15H2,1H3,(H,16,19)(H,17,18);1-5,8H,6,10H2,(H,11,12)/t;8-/m.0/s1. The van der Waals surface area contributed by atoms with Gasteiger partial charge >= 0.3 is 17.9 Å². The van der Waals surface area contributed by atoms with E-state index in [2.05, 4.69) is 10.1 Å². The molecule has 0 saturated heterocycles. The summed E-state index contributed by atoms with van der Waals surface area (Å²) >= 11 is 0. The molecule has 0 aliphatic carbocycles. The maximum Gasteiger partial charge on any atom is 0.328 e. The number of carbonyl (C=O) groups excluding carboxylic acids is 2. The highest BCUT2D eigenvalue weighted by Crippen LogP contribution is 2.05. The van der Waals surface area contributed by atoms with Crippen LogP contribution in [0.1, 0.15) is 17.5 Å². The van der Waals surface area contributed by atoms with E-state index < -0.39 is 48.4 Å². The van der Waals surface area contributed by atoms with E-state index in [1.54, 1.807) is 12.1 Å². The van der Waals surface area contributed by atoms with E-state index in [1.807, 2.05) is 48.5 Å². The summed E-state index contributed by atoms with van der Waals surface area (Å²) in [7, 11) is 1.21. The summed E-state index contributed by atoms with van der Waals surface area (Å²) in [5.74, 6) is -3.47. The van der Waals surface area contributed by atoms with E-state index in [0.29, 0.717) is 6.42 Å². The van der Waals surface area contributed by atoms with Crippen LogP contribution < -0.4 is 16.8 Å². The molecule has 3 atom stereocenters. The Morgan fingerprint density at radius 3 is 1.76 bits per heavy atom. The summed E-state index contributed by atoms with van der Waals surface area (Å²) in [6.07, 6.45) is 0.111. The molecule has 1 amide bonds. The van der Waals surface area contributed by atoms with Gasteiger partial charge in [-0.05, 0) is 17.5 Å². The number of amides is 1. The van der Waals surface area contributed by atoms with Gasteiger partial charge in [-0.2, -0.15) is 0 Å². The number of methoxy groups -OCH3 is 1. The summed E-state index contributed by atoms with van der Waals surface area (Å²) in [5, 5.41) is 19.5. The second-order valence-electron chi connectivity index (χ2n) is 7.11. The Labute approximate surface area is 191 Å². The number of ether oxygens (including phenoxy) is 1. The van der Waals surface area contributed by atoms with Crippen LogP contribution in [0.3, 0.4) is 0 Å². The summed E-state index contributed by atoms with van der Waals surface area (Å²) < 4.78 is 4.64. The molecule has 0 radical (unpaired) electrons. The van der Waals surface area contributed by atoms with E-state index >= 15 is 0 Å². The summed E-state index contributed by atoms with van der Waals surface area (Å²) in [6, 6.07) is 15.5. The van der Waals surface area contributed by atoms with E-state index in [9.17, 15) is 19.2 Å². The van der Waals surface area contributed by atoms with Crippen LogP contribution in [-0.4, -0.2) is 59.3 Å². The smallest absolute Gasteiger partial charge is 0.328 e. The fourth-order valence-corrected chi connectivity index (χ4v) is 2.70. The van der Waals surface area contributed by atoms with Crippen molar-refractivity contribution in [3.8, 4) is 0 Å². The fourth-order valence-electron chi connectivity index (χ4n) is 2.70. The number of aliphatic carboxylic acids is 2. The first-order valence-corrected chi connectivity index (χ1v) is 10.1. The highest BCUT2D eigenvalue weighted by Gasteiger charge is 2.25. The van der Waals surface area contributed by atoms with Gasteiger partial charge in [-0.25, -0.2) is 4.79 Å². The molecule has 0 spiro atoms. The molecule has 7 N–H and O–H groups in total. The van der Waals surface area contributed by atoms with Crippen LogP contribution >= 0.6 is 0 Å². The number of carboxylic acid groups (broad SMARTS) is 2. The Morgan fingerprint density at radius 1 is 0.848 bits per heavy atom. The third-order valence-electron chi connectivity index (χ3n) is 4.43. The van der Waals surface area contributed by atoms with Gasteiger partial charge in [0.25, 0.3) is 0 Å². The van der Waals surface area contributed by atoms with Crippen LogP contribution in [-0.2, 0) is 36.8 Å². The Kier molecular flexibility index (Phi) is 11.8. The molecular weight excluding hydrogens is 430 g/mol. The lowest BCUT2D eigenvalue weighted by atomic mass is 10.1. The lowest BCUT2D eigenvalue weighted by Gasteiger charge is -2.18. The van der Waals surface area contributed by atoms with Crippen LogP contribution in [0.4, 0.5) is 0 Å². The van der Waals surface area contributed by atoms with Crippen LogP contribution in [0.15, 0.2) is 60.7 Å². The molecule has 2 unspecified atom stereocenters. The molecule has 178 valence electrons. The van der Waals surface area contributed by atoms with Crippen molar-refractivity contribution in [2.24, 2.45) is 11.5 Å². The molecule has 33 heavy (non-hydrogen) atoms. The molecule has 0 fully saturated rings. The van der Waals surface area contributed by atoms with Crippen molar-refractivity contribution in [1.29, 1.82) is 0 Å². The zero-order valence-corrected chi connectivity index (χ0v) is 18.2. The van der Waals surface area contributed by atoms with Gasteiger partial charge in [0.1, 0.15) is 12.1 Å². The number of benzene rings is 2. The van der Waals surface area contributed by atoms with Crippen molar-refractivity contribution in [3.63, 3.8) is 0 Å². The van der Waals surface area contributed by atoms with Crippen molar-refractivity contribution < 1.29 is 34.1 Å². The van der Waals surface area contributed by atoms with Gasteiger partial charge in [0.15, 0.2) is 0 Å². The minimum atomic E-state index is -1.22. The molecule has 10 nitrogen and oxygen atoms in total. The molecular formula is C23H29N3O7. The van der Waals surface area contributed by atoms with Gasteiger partial charge in [0.2, 0.25) is 5.91 Å². The maximum atomic E-state index is 11.8. The van der Waals surface area contributed by atoms with Crippen molar-refractivity contribution in [3.05, 3.63) is 71.8 Å². The molecule has 0 heterocycles. The lowest BCUT2D eigenvalue weighted by molar-refractivity contribution is -0.145. The van der Waals surface area contributed by atoms with Crippen molar-refractivity contribution in [2.75, 3.05) is 7.11 Å². The topological polar surface area (TPSA) is 182 Å². The molecule has 0 saturated carbocycles.